The second-order valence-corrected chi connectivity index (χ2v) is 15.6. The fourth-order valence-electron chi connectivity index (χ4n) is 2.12. The van der Waals surface area contributed by atoms with Crippen molar-refractivity contribution in [2.45, 2.75) is 79.1 Å². The Hall–Kier alpha value is -3.03. The summed E-state index contributed by atoms with van der Waals surface area (Å²) in [5.74, 6) is -1.06. The molecule has 44 heavy (non-hydrogen) atoms. The van der Waals surface area contributed by atoms with Gasteiger partial charge < -0.3 is 34.2 Å². The summed E-state index contributed by atoms with van der Waals surface area (Å²) in [5.41, 5.74) is 3.71. The molecule has 19 heteroatoms. The number of hydrogen-bond acceptors (Lipinski definition) is 16. The Bertz CT molecular complexity index is 1280. The lowest BCUT2D eigenvalue weighted by molar-refractivity contribution is -0.0294. The van der Waals surface area contributed by atoms with Gasteiger partial charge in [-0.15, -0.1) is 0 Å². The van der Waals surface area contributed by atoms with Crippen molar-refractivity contribution in [2.24, 2.45) is 0 Å². The number of halogens is 2. The lowest BCUT2D eigenvalue weighted by atomic mass is 10.2. The zero-order chi connectivity index (χ0) is 34.6. The van der Waals surface area contributed by atoms with E-state index in [9.17, 15) is 24.0 Å². The number of nitrogens with two attached hydrogens (primary N) is 1. The van der Waals surface area contributed by atoms with E-state index in [1.807, 2.05) is 0 Å². The molecule has 1 amide bonds. The van der Waals surface area contributed by atoms with Crippen LogP contribution in [0.3, 0.4) is 0 Å². The van der Waals surface area contributed by atoms with Gasteiger partial charge in [-0.1, -0.05) is 22.7 Å². The summed E-state index contributed by atoms with van der Waals surface area (Å²) >= 11 is 8.61. The molecule has 0 atom stereocenters. The van der Waals surface area contributed by atoms with Crippen LogP contribution >= 0.6 is 54.5 Å². The average molecular weight is 793 g/mol. The van der Waals surface area contributed by atoms with E-state index in [0.29, 0.717) is 12.7 Å². The van der Waals surface area contributed by atoms with Gasteiger partial charge in [0.25, 0.3) is 0 Å². The van der Waals surface area contributed by atoms with Crippen LogP contribution in [-0.2, 0) is 28.4 Å². The Labute approximate surface area is 279 Å². The number of nitrogens with zero attached hydrogens (tertiary/aromatic N) is 2. The van der Waals surface area contributed by atoms with E-state index >= 15 is 0 Å². The molecule has 2 aromatic heterocycles. The molecule has 2 aromatic rings. The van der Waals surface area contributed by atoms with Gasteiger partial charge in [-0.2, -0.15) is 0 Å². The largest absolute Gasteiger partial charge is 0.519 e. The number of carbonyl (C=O) groups excluding carboxylic acids is 5. The summed E-state index contributed by atoms with van der Waals surface area (Å²) in [6.07, 6.45) is -2.74. The molecule has 2 heterocycles. The van der Waals surface area contributed by atoms with E-state index in [-0.39, 0.29) is 16.5 Å². The van der Waals surface area contributed by atoms with Crippen molar-refractivity contribution in [3.63, 3.8) is 0 Å². The van der Waals surface area contributed by atoms with Gasteiger partial charge in [-0.25, -0.2) is 33.9 Å². The normalized spacial score (nSPS) is 10.9. The van der Waals surface area contributed by atoms with Crippen molar-refractivity contribution in [1.29, 1.82) is 0 Å². The number of amides is 1. The number of hydrogen-bond donors (Lipinski definition) is 2. The second kappa shape index (κ2) is 17.5. The van der Waals surface area contributed by atoms with Gasteiger partial charge in [-0.3, -0.25) is 5.32 Å². The molecular weight excluding hydrogens is 756 g/mol. The number of methoxy groups -OCH3 is 2. The van der Waals surface area contributed by atoms with E-state index < -0.39 is 47.1 Å². The summed E-state index contributed by atoms with van der Waals surface area (Å²) in [7, 11) is 2.55. The van der Waals surface area contributed by atoms with Gasteiger partial charge in [-0.05, 0) is 94.2 Å². The van der Waals surface area contributed by atoms with Crippen LogP contribution in [0.4, 0.5) is 24.6 Å². The maximum atomic E-state index is 11.5. The highest BCUT2D eigenvalue weighted by molar-refractivity contribution is 9.11. The SMILES string of the molecule is CC(C)(C)OC(=O)OC(=O)OC(C)(C)C.COC(=O)c1nc(N)sc1Br.COC(=O)c1nc(NC(=O)OC(C)(C)C)sc1Br. The Morgan fingerprint density at radius 1 is 0.682 bits per heavy atom. The van der Waals surface area contributed by atoms with Crippen molar-refractivity contribution in [3.8, 4) is 0 Å². The van der Waals surface area contributed by atoms with Crippen LogP contribution < -0.4 is 11.1 Å². The van der Waals surface area contributed by atoms with E-state index in [0.717, 1.165) is 11.3 Å². The number of ether oxygens (including phenoxy) is 6. The third kappa shape index (κ3) is 17.9. The van der Waals surface area contributed by atoms with E-state index in [1.165, 1.54) is 25.6 Å². The summed E-state index contributed by atoms with van der Waals surface area (Å²) < 4.78 is 28.9. The third-order valence-electron chi connectivity index (χ3n) is 3.50. The molecule has 0 aliphatic carbocycles. The maximum absolute atomic E-state index is 11.5. The van der Waals surface area contributed by atoms with Crippen molar-refractivity contribution in [3.05, 3.63) is 19.0 Å². The maximum Gasteiger partial charge on any atom is 0.519 e. The topological polar surface area (TPSA) is 205 Å². The van der Waals surface area contributed by atoms with Crippen LogP contribution in [0.5, 0.6) is 0 Å². The molecular formula is C25H36Br2N4O11S2. The predicted molar refractivity (Wildman–Crippen MR) is 170 cm³/mol. The quantitative estimate of drug-likeness (QED) is 0.179. The predicted octanol–water partition coefficient (Wildman–Crippen LogP) is 7.19. The van der Waals surface area contributed by atoms with Crippen LogP contribution in [0.1, 0.15) is 83.3 Å². The van der Waals surface area contributed by atoms with Crippen LogP contribution in [0, 0.1) is 0 Å². The summed E-state index contributed by atoms with van der Waals surface area (Å²) in [6, 6.07) is 0. The molecule has 3 N–H and O–H groups in total. The van der Waals surface area contributed by atoms with Gasteiger partial charge in [0.2, 0.25) is 0 Å². The molecule has 248 valence electrons. The Kier molecular flexibility index (Phi) is 16.3. The van der Waals surface area contributed by atoms with Crippen molar-refractivity contribution in [2.75, 3.05) is 25.3 Å². The molecule has 0 aliphatic heterocycles. The molecule has 0 saturated heterocycles. The molecule has 0 spiro atoms. The number of nitrogens with one attached hydrogen (secondary N) is 1. The summed E-state index contributed by atoms with van der Waals surface area (Å²) in [4.78, 5) is 63.4. The smallest absolute Gasteiger partial charge is 0.464 e. The van der Waals surface area contributed by atoms with Crippen LogP contribution in [-0.4, -0.2) is 71.3 Å². The van der Waals surface area contributed by atoms with E-state index in [4.69, 9.17) is 19.9 Å². The number of carbonyl (C=O) groups is 5. The lowest BCUT2D eigenvalue weighted by Crippen LogP contribution is -2.29. The number of esters is 2. The van der Waals surface area contributed by atoms with Gasteiger partial charge in [0.05, 0.1) is 14.2 Å². The average Bonchev–Trinajstić information content (AvgIpc) is 3.35. The van der Waals surface area contributed by atoms with Gasteiger partial charge in [0.1, 0.15) is 24.4 Å². The number of nitrogen functional groups attached to an aromatic ring is 1. The van der Waals surface area contributed by atoms with Gasteiger partial charge >= 0.3 is 30.3 Å². The van der Waals surface area contributed by atoms with E-state index in [1.54, 1.807) is 62.3 Å². The van der Waals surface area contributed by atoms with Crippen LogP contribution in [0.2, 0.25) is 0 Å². The Morgan fingerprint density at radius 2 is 1.07 bits per heavy atom. The van der Waals surface area contributed by atoms with E-state index in [2.05, 4.69) is 61.4 Å². The fraction of sp³-hybridized carbons (Fsp3) is 0.560. The Balaban J connectivity index is 0.000000649. The lowest BCUT2D eigenvalue weighted by Gasteiger charge is -2.20. The first-order chi connectivity index (χ1) is 19.9. The number of rotatable bonds is 3. The van der Waals surface area contributed by atoms with Crippen molar-refractivity contribution < 1.29 is 52.4 Å². The highest BCUT2D eigenvalue weighted by Crippen LogP contribution is 2.29. The molecule has 0 unspecified atom stereocenters. The molecule has 0 aromatic carbocycles. The minimum atomic E-state index is -1.06. The minimum Gasteiger partial charge on any atom is -0.464 e. The summed E-state index contributed by atoms with van der Waals surface area (Å²) in [6.45, 7) is 15.3. The van der Waals surface area contributed by atoms with Crippen LogP contribution in [0.15, 0.2) is 7.57 Å². The zero-order valence-corrected chi connectivity index (χ0v) is 30.8. The molecule has 0 fully saturated rings. The highest BCUT2D eigenvalue weighted by Gasteiger charge is 2.24. The van der Waals surface area contributed by atoms with Crippen LogP contribution in [0.25, 0.3) is 0 Å². The number of anilines is 2. The summed E-state index contributed by atoms with van der Waals surface area (Å²) in [5, 5.41) is 3.05. The molecule has 0 radical (unpaired) electrons. The van der Waals surface area contributed by atoms with Gasteiger partial charge in [0.15, 0.2) is 21.7 Å². The van der Waals surface area contributed by atoms with Crippen molar-refractivity contribution >= 4 is 95.1 Å². The molecule has 0 bridgehead atoms. The standard InChI is InChI=1S/C10H13BrN2O4S.C10H18O5.C5H5BrN2O2S/c1-10(2,3)17-9(15)13-8-12-5(6(11)18-8)7(14)16-4;1-9(2,3)14-7(11)13-8(12)15-10(4,5)6;1-10-4(9)2-3(6)11-5(7)8-2/h1-4H3,(H,12,13,15);1-6H3;1H3,(H2,7,8). The molecule has 0 saturated carbocycles. The molecule has 2 rings (SSSR count). The fourth-order valence-corrected chi connectivity index (χ4v) is 4.79. The third-order valence-corrected chi connectivity index (χ3v) is 6.65. The molecule has 0 aliphatic rings. The first-order valence-corrected chi connectivity index (χ1v) is 15.5. The zero-order valence-electron chi connectivity index (χ0n) is 26.0. The number of thiazole rings is 2. The molecule has 15 nitrogen and oxygen atoms in total. The first-order valence-electron chi connectivity index (χ1n) is 12.3. The minimum absolute atomic E-state index is 0.119. The van der Waals surface area contributed by atoms with Crippen molar-refractivity contribution in [1.82, 2.24) is 9.97 Å². The monoisotopic (exact) mass is 790 g/mol. The first kappa shape index (κ1) is 41.0. The number of aromatic nitrogens is 2. The Morgan fingerprint density at radius 3 is 1.41 bits per heavy atom. The van der Waals surface area contributed by atoms with Gasteiger partial charge in [0, 0.05) is 0 Å². The second-order valence-electron chi connectivity index (χ2n) is 11.0. The highest BCUT2D eigenvalue weighted by atomic mass is 79.9.